The molecule has 0 fully saturated rings. The molecule has 0 aliphatic heterocycles. The average molecular weight is 526 g/mol. The zero-order valence-corrected chi connectivity index (χ0v) is 19.7. The SMILES string of the molecule is O=C(O)Cc1cc(Cl)c(OCCCOCCOc2c(Cl)cc(CC(=O)O)cc2Cl)c(Cl)c1. The second kappa shape index (κ2) is 13.0. The van der Waals surface area contributed by atoms with Gasteiger partial charge in [-0.25, -0.2) is 0 Å². The van der Waals surface area contributed by atoms with Crippen molar-refractivity contribution in [3.63, 3.8) is 0 Å². The van der Waals surface area contributed by atoms with Crippen LogP contribution in [0.15, 0.2) is 24.3 Å². The molecule has 0 saturated carbocycles. The highest BCUT2D eigenvalue weighted by Gasteiger charge is 2.13. The minimum absolute atomic E-state index is 0.182. The number of aliphatic carboxylic acids is 2. The third kappa shape index (κ3) is 8.56. The van der Waals surface area contributed by atoms with E-state index in [0.717, 1.165) is 0 Å². The van der Waals surface area contributed by atoms with Gasteiger partial charge in [-0.3, -0.25) is 9.59 Å². The monoisotopic (exact) mass is 524 g/mol. The molecule has 32 heavy (non-hydrogen) atoms. The van der Waals surface area contributed by atoms with E-state index in [4.69, 9.17) is 70.8 Å². The molecule has 0 unspecified atom stereocenters. The summed E-state index contributed by atoms with van der Waals surface area (Å²) < 4.78 is 16.6. The molecule has 7 nitrogen and oxygen atoms in total. The summed E-state index contributed by atoms with van der Waals surface area (Å²) in [5, 5.41) is 18.6. The molecule has 0 aromatic heterocycles. The summed E-state index contributed by atoms with van der Waals surface area (Å²) in [5.74, 6) is -1.40. The Balaban J connectivity index is 1.69. The number of hydrogen-bond donors (Lipinski definition) is 2. The highest BCUT2D eigenvalue weighted by Crippen LogP contribution is 2.35. The lowest BCUT2D eigenvalue weighted by atomic mass is 10.1. The fraction of sp³-hybridized carbons (Fsp3) is 0.333. The third-order valence-electron chi connectivity index (χ3n) is 3.98. The Morgan fingerprint density at radius 2 is 1.06 bits per heavy atom. The van der Waals surface area contributed by atoms with Crippen LogP contribution in [0.1, 0.15) is 17.5 Å². The standard InChI is InChI=1S/C21H20Cl4O7/c22-14-6-12(10-18(26)27)7-15(23)20(14)31-3-1-2-30-4-5-32-21-16(24)8-13(9-17(21)25)11-19(28)29/h6-9H,1-5,10-11H2,(H,26,27)(H,28,29). The van der Waals surface area contributed by atoms with Crippen LogP contribution in [0.25, 0.3) is 0 Å². The number of ether oxygens (including phenoxy) is 3. The molecule has 0 spiro atoms. The van der Waals surface area contributed by atoms with Gasteiger partial charge in [-0.2, -0.15) is 0 Å². The van der Waals surface area contributed by atoms with Crippen LogP contribution in [0.4, 0.5) is 0 Å². The Labute approximate surface area is 204 Å². The summed E-state index contributed by atoms with van der Waals surface area (Å²) in [5.41, 5.74) is 0.966. The molecule has 2 aromatic rings. The fourth-order valence-electron chi connectivity index (χ4n) is 2.69. The molecular formula is C21H20Cl4O7. The third-order valence-corrected chi connectivity index (χ3v) is 5.10. The van der Waals surface area contributed by atoms with Crippen molar-refractivity contribution < 1.29 is 34.0 Å². The summed E-state index contributed by atoms with van der Waals surface area (Å²) in [6.07, 6.45) is 0.182. The quantitative estimate of drug-likeness (QED) is 0.336. The van der Waals surface area contributed by atoms with Gasteiger partial charge in [-0.1, -0.05) is 46.4 Å². The maximum absolute atomic E-state index is 10.8. The Kier molecular flexibility index (Phi) is 10.7. The van der Waals surface area contributed by atoms with Gasteiger partial charge in [0.25, 0.3) is 0 Å². The molecule has 174 valence electrons. The molecule has 0 saturated heterocycles. The van der Waals surface area contributed by atoms with E-state index in [1.54, 1.807) is 0 Å². The van der Waals surface area contributed by atoms with Crippen molar-refractivity contribution in [2.24, 2.45) is 0 Å². The fourth-order valence-corrected chi connectivity index (χ4v) is 3.98. The number of carboxylic acids is 2. The molecule has 0 heterocycles. The summed E-state index contributed by atoms with van der Waals surface area (Å²) in [6, 6.07) is 6.02. The van der Waals surface area contributed by atoms with Gasteiger partial charge in [-0.05, 0) is 35.4 Å². The highest BCUT2D eigenvalue weighted by molar-refractivity contribution is 6.37. The Morgan fingerprint density at radius 1 is 0.656 bits per heavy atom. The molecule has 11 heteroatoms. The normalized spacial score (nSPS) is 10.8. The van der Waals surface area contributed by atoms with Crippen molar-refractivity contribution in [3.8, 4) is 11.5 Å². The zero-order chi connectivity index (χ0) is 23.7. The van der Waals surface area contributed by atoms with Gasteiger partial charge < -0.3 is 24.4 Å². The predicted octanol–water partition coefficient (Wildman–Crippen LogP) is 5.42. The number of rotatable bonds is 13. The van der Waals surface area contributed by atoms with Crippen molar-refractivity contribution >= 4 is 58.3 Å². The van der Waals surface area contributed by atoms with Crippen LogP contribution in [0.5, 0.6) is 11.5 Å². The zero-order valence-electron chi connectivity index (χ0n) is 16.7. The second-order valence-electron chi connectivity index (χ2n) is 6.58. The van der Waals surface area contributed by atoms with Gasteiger partial charge in [0, 0.05) is 13.0 Å². The van der Waals surface area contributed by atoms with Crippen molar-refractivity contribution in [1.82, 2.24) is 0 Å². The van der Waals surface area contributed by atoms with Crippen LogP contribution < -0.4 is 9.47 Å². The van der Waals surface area contributed by atoms with E-state index in [0.29, 0.717) is 36.5 Å². The molecule has 2 rings (SSSR count). The number of hydrogen-bond acceptors (Lipinski definition) is 5. The molecule has 0 aliphatic rings. The maximum atomic E-state index is 10.8. The summed E-state index contributed by atoms with van der Waals surface area (Å²) >= 11 is 24.4. The van der Waals surface area contributed by atoms with E-state index in [1.807, 2.05) is 0 Å². The van der Waals surface area contributed by atoms with Gasteiger partial charge in [0.05, 0.1) is 46.1 Å². The van der Waals surface area contributed by atoms with Crippen LogP contribution in [-0.2, 0) is 27.2 Å². The number of benzene rings is 2. The maximum Gasteiger partial charge on any atom is 0.307 e. The van der Waals surface area contributed by atoms with Crippen molar-refractivity contribution in [2.75, 3.05) is 26.4 Å². The molecule has 0 atom stereocenters. The van der Waals surface area contributed by atoms with E-state index < -0.39 is 11.9 Å². The molecular weight excluding hydrogens is 506 g/mol. The van der Waals surface area contributed by atoms with E-state index in [-0.39, 0.29) is 51.9 Å². The van der Waals surface area contributed by atoms with Crippen LogP contribution >= 0.6 is 46.4 Å². The van der Waals surface area contributed by atoms with Crippen LogP contribution in [0.3, 0.4) is 0 Å². The first kappa shape index (κ1) is 26.4. The number of halogens is 4. The topological polar surface area (TPSA) is 102 Å². The predicted molar refractivity (Wildman–Crippen MR) is 122 cm³/mol. The van der Waals surface area contributed by atoms with E-state index in [1.165, 1.54) is 24.3 Å². The van der Waals surface area contributed by atoms with Crippen LogP contribution in [0, 0.1) is 0 Å². The molecule has 0 bridgehead atoms. The minimum atomic E-state index is -0.983. The van der Waals surface area contributed by atoms with Crippen molar-refractivity contribution in [3.05, 3.63) is 55.5 Å². The van der Waals surface area contributed by atoms with E-state index in [2.05, 4.69) is 0 Å². The molecule has 2 N–H and O–H groups in total. The molecule has 0 aliphatic carbocycles. The van der Waals surface area contributed by atoms with Crippen LogP contribution in [-0.4, -0.2) is 48.6 Å². The van der Waals surface area contributed by atoms with Crippen molar-refractivity contribution in [2.45, 2.75) is 19.3 Å². The van der Waals surface area contributed by atoms with Gasteiger partial charge in [0.15, 0.2) is 11.5 Å². The molecule has 2 aromatic carbocycles. The van der Waals surface area contributed by atoms with E-state index in [9.17, 15) is 9.59 Å². The summed E-state index contributed by atoms with van der Waals surface area (Å²) in [4.78, 5) is 21.6. The van der Waals surface area contributed by atoms with Gasteiger partial charge >= 0.3 is 11.9 Å². The molecule has 0 amide bonds. The first-order chi connectivity index (χ1) is 15.2. The lowest BCUT2D eigenvalue weighted by Crippen LogP contribution is -2.10. The first-order valence-corrected chi connectivity index (χ1v) is 10.9. The number of carbonyl (C=O) groups is 2. The largest absolute Gasteiger partial charge is 0.490 e. The Bertz CT molecular complexity index is 842. The average Bonchev–Trinajstić information content (AvgIpc) is 2.66. The van der Waals surface area contributed by atoms with Gasteiger partial charge in [-0.15, -0.1) is 0 Å². The van der Waals surface area contributed by atoms with E-state index >= 15 is 0 Å². The van der Waals surface area contributed by atoms with Crippen molar-refractivity contribution in [1.29, 1.82) is 0 Å². The second-order valence-corrected chi connectivity index (χ2v) is 8.21. The lowest BCUT2D eigenvalue weighted by Gasteiger charge is -2.13. The highest BCUT2D eigenvalue weighted by atomic mass is 35.5. The minimum Gasteiger partial charge on any atom is -0.490 e. The van der Waals surface area contributed by atoms with Crippen LogP contribution in [0.2, 0.25) is 20.1 Å². The summed E-state index contributed by atoms with van der Waals surface area (Å²) in [6.45, 7) is 1.15. The smallest absolute Gasteiger partial charge is 0.307 e. The Morgan fingerprint density at radius 3 is 1.47 bits per heavy atom. The van der Waals surface area contributed by atoms with Gasteiger partial charge in [0.1, 0.15) is 6.61 Å². The first-order valence-electron chi connectivity index (χ1n) is 9.40. The number of carboxylic acid groups (broad SMARTS) is 2. The van der Waals surface area contributed by atoms with Gasteiger partial charge in [0.2, 0.25) is 0 Å². The molecule has 0 radical (unpaired) electrons. The Hall–Kier alpha value is -1.90. The lowest BCUT2D eigenvalue weighted by molar-refractivity contribution is -0.137. The summed E-state index contributed by atoms with van der Waals surface area (Å²) in [7, 11) is 0.